The molecule has 2 heterocycles. The standard InChI is InChI=1S/C20H24N4O2/c21-20(25)8-11-24-15-16(18-6-1-2-7-19(18)24)13-22-10-4-12-26-17-5-3-9-23-14-17/h1-3,5-7,9,14-15,22H,4,8,10-13H2,(H2,21,25). The molecule has 0 radical (unpaired) electrons. The number of para-hydroxylation sites is 1. The number of nitrogens with one attached hydrogen (secondary N) is 1. The molecular weight excluding hydrogens is 328 g/mol. The van der Waals surface area contributed by atoms with Gasteiger partial charge < -0.3 is 20.4 Å². The van der Waals surface area contributed by atoms with Crippen molar-refractivity contribution in [1.29, 1.82) is 0 Å². The molecule has 2 aromatic heterocycles. The molecule has 136 valence electrons. The maximum atomic E-state index is 11.1. The van der Waals surface area contributed by atoms with Crippen molar-refractivity contribution in [1.82, 2.24) is 14.9 Å². The molecule has 0 saturated heterocycles. The van der Waals surface area contributed by atoms with Gasteiger partial charge in [0.05, 0.1) is 12.8 Å². The van der Waals surface area contributed by atoms with E-state index in [1.807, 2.05) is 24.3 Å². The Hall–Kier alpha value is -2.86. The van der Waals surface area contributed by atoms with Crippen LogP contribution in [0.3, 0.4) is 0 Å². The number of nitrogens with zero attached hydrogens (tertiary/aromatic N) is 2. The first-order chi connectivity index (χ1) is 12.7. The zero-order valence-electron chi connectivity index (χ0n) is 14.7. The zero-order valence-corrected chi connectivity index (χ0v) is 14.7. The molecule has 0 saturated carbocycles. The smallest absolute Gasteiger partial charge is 0.219 e. The molecule has 6 heteroatoms. The third kappa shape index (κ3) is 4.83. The van der Waals surface area contributed by atoms with E-state index in [2.05, 4.69) is 33.2 Å². The van der Waals surface area contributed by atoms with Crippen LogP contribution in [0.5, 0.6) is 5.75 Å². The van der Waals surface area contributed by atoms with Crippen molar-refractivity contribution in [2.45, 2.75) is 25.9 Å². The number of fused-ring (bicyclic) bond motifs is 1. The number of rotatable bonds is 10. The zero-order chi connectivity index (χ0) is 18.2. The number of hydrogen-bond acceptors (Lipinski definition) is 4. The minimum atomic E-state index is -0.281. The molecule has 0 spiro atoms. The summed E-state index contributed by atoms with van der Waals surface area (Å²) in [5, 5.41) is 4.66. The Labute approximate surface area is 153 Å². The average molecular weight is 352 g/mol. The van der Waals surface area contributed by atoms with Gasteiger partial charge in [0.15, 0.2) is 0 Å². The lowest BCUT2D eigenvalue weighted by molar-refractivity contribution is -0.118. The molecule has 0 bridgehead atoms. The number of primary amides is 1. The van der Waals surface area contributed by atoms with Gasteiger partial charge in [0.1, 0.15) is 5.75 Å². The summed E-state index contributed by atoms with van der Waals surface area (Å²) >= 11 is 0. The van der Waals surface area contributed by atoms with Crippen LogP contribution < -0.4 is 15.8 Å². The first-order valence-corrected chi connectivity index (χ1v) is 8.82. The lowest BCUT2D eigenvalue weighted by Crippen LogP contribution is -2.17. The van der Waals surface area contributed by atoms with Gasteiger partial charge in [0, 0.05) is 42.8 Å². The highest BCUT2D eigenvalue weighted by atomic mass is 16.5. The predicted octanol–water partition coefficient (Wildman–Crippen LogP) is 2.47. The quantitative estimate of drug-likeness (QED) is 0.549. The molecule has 3 N–H and O–H groups in total. The molecule has 0 aliphatic heterocycles. The van der Waals surface area contributed by atoms with Crippen molar-refractivity contribution in [3.05, 3.63) is 60.6 Å². The van der Waals surface area contributed by atoms with Gasteiger partial charge in [-0.05, 0) is 36.7 Å². The first kappa shape index (κ1) is 17.9. The van der Waals surface area contributed by atoms with Crippen LogP contribution in [0.1, 0.15) is 18.4 Å². The number of ether oxygens (including phenoxy) is 1. The van der Waals surface area contributed by atoms with E-state index in [9.17, 15) is 4.79 Å². The third-order valence-electron chi connectivity index (χ3n) is 4.19. The fraction of sp³-hybridized carbons (Fsp3) is 0.300. The maximum absolute atomic E-state index is 11.1. The Morgan fingerprint density at radius 3 is 2.92 bits per heavy atom. The van der Waals surface area contributed by atoms with E-state index < -0.39 is 0 Å². The highest BCUT2D eigenvalue weighted by Crippen LogP contribution is 2.21. The van der Waals surface area contributed by atoms with Gasteiger partial charge >= 0.3 is 0 Å². The average Bonchev–Trinajstić information content (AvgIpc) is 3.02. The number of aromatic nitrogens is 2. The van der Waals surface area contributed by atoms with E-state index in [0.717, 1.165) is 30.8 Å². The minimum Gasteiger partial charge on any atom is -0.492 e. The summed E-state index contributed by atoms with van der Waals surface area (Å²) in [5.74, 6) is 0.515. The van der Waals surface area contributed by atoms with E-state index in [1.54, 1.807) is 12.4 Å². The van der Waals surface area contributed by atoms with Crippen molar-refractivity contribution < 1.29 is 9.53 Å². The van der Waals surface area contributed by atoms with E-state index >= 15 is 0 Å². The van der Waals surface area contributed by atoms with Crippen LogP contribution in [-0.4, -0.2) is 28.6 Å². The molecule has 1 aromatic carbocycles. The summed E-state index contributed by atoms with van der Waals surface area (Å²) < 4.78 is 7.74. The topological polar surface area (TPSA) is 82.2 Å². The van der Waals surface area contributed by atoms with Gasteiger partial charge in [-0.1, -0.05) is 18.2 Å². The Balaban J connectivity index is 1.50. The van der Waals surface area contributed by atoms with Crippen molar-refractivity contribution in [2.75, 3.05) is 13.2 Å². The molecule has 0 atom stereocenters. The summed E-state index contributed by atoms with van der Waals surface area (Å²) in [6.07, 6.45) is 6.81. The lowest BCUT2D eigenvalue weighted by Gasteiger charge is -2.06. The number of hydrogen-bond donors (Lipinski definition) is 2. The highest BCUT2D eigenvalue weighted by molar-refractivity contribution is 5.84. The van der Waals surface area contributed by atoms with Gasteiger partial charge in [0.25, 0.3) is 0 Å². The molecule has 0 aliphatic carbocycles. The van der Waals surface area contributed by atoms with E-state index in [-0.39, 0.29) is 5.91 Å². The van der Waals surface area contributed by atoms with Gasteiger partial charge in [-0.15, -0.1) is 0 Å². The van der Waals surface area contributed by atoms with Crippen LogP contribution in [0, 0.1) is 0 Å². The number of aryl methyl sites for hydroxylation is 1. The van der Waals surface area contributed by atoms with Crippen LogP contribution in [0.2, 0.25) is 0 Å². The molecule has 1 amide bonds. The number of benzene rings is 1. The second-order valence-electron chi connectivity index (χ2n) is 6.15. The van der Waals surface area contributed by atoms with Gasteiger partial charge in [0.2, 0.25) is 5.91 Å². The number of carbonyl (C=O) groups is 1. The molecular formula is C20H24N4O2. The molecule has 0 aliphatic rings. The van der Waals surface area contributed by atoms with Crippen LogP contribution in [0.25, 0.3) is 10.9 Å². The predicted molar refractivity (Wildman–Crippen MR) is 102 cm³/mol. The Bertz CT molecular complexity index is 845. The highest BCUT2D eigenvalue weighted by Gasteiger charge is 2.08. The molecule has 3 rings (SSSR count). The van der Waals surface area contributed by atoms with Gasteiger partial charge in [-0.25, -0.2) is 0 Å². The largest absolute Gasteiger partial charge is 0.492 e. The monoisotopic (exact) mass is 352 g/mol. The SMILES string of the molecule is NC(=O)CCn1cc(CNCCCOc2cccnc2)c2ccccc21. The Morgan fingerprint density at radius 2 is 2.12 bits per heavy atom. The molecule has 3 aromatic rings. The lowest BCUT2D eigenvalue weighted by atomic mass is 10.2. The number of amides is 1. The van der Waals surface area contributed by atoms with Gasteiger partial charge in [-0.3, -0.25) is 9.78 Å². The maximum Gasteiger partial charge on any atom is 0.219 e. The second-order valence-corrected chi connectivity index (χ2v) is 6.15. The fourth-order valence-corrected chi connectivity index (χ4v) is 2.92. The van der Waals surface area contributed by atoms with Gasteiger partial charge in [-0.2, -0.15) is 0 Å². The first-order valence-electron chi connectivity index (χ1n) is 8.82. The third-order valence-corrected chi connectivity index (χ3v) is 4.19. The van der Waals surface area contributed by atoms with Crippen molar-refractivity contribution in [3.63, 3.8) is 0 Å². The Morgan fingerprint density at radius 1 is 1.23 bits per heavy atom. The van der Waals surface area contributed by atoms with E-state index in [1.165, 1.54) is 10.9 Å². The van der Waals surface area contributed by atoms with Crippen molar-refractivity contribution in [3.8, 4) is 5.75 Å². The van der Waals surface area contributed by atoms with E-state index in [4.69, 9.17) is 10.5 Å². The summed E-state index contributed by atoms with van der Waals surface area (Å²) in [6, 6.07) is 12.0. The normalized spacial score (nSPS) is 10.9. The van der Waals surface area contributed by atoms with Crippen molar-refractivity contribution in [2.24, 2.45) is 5.73 Å². The summed E-state index contributed by atoms with van der Waals surface area (Å²) in [6.45, 7) is 2.89. The molecule has 0 fully saturated rings. The Kier molecular flexibility index (Phi) is 6.22. The van der Waals surface area contributed by atoms with Crippen LogP contribution >= 0.6 is 0 Å². The fourth-order valence-electron chi connectivity index (χ4n) is 2.92. The van der Waals surface area contributed by atoms with Crippen LogP contribution in [0.15, 0.2) is 55.0 Å². The second kappa shape index (κ2) is 9.01. The minimum absolute atomic E-state index is 0.281. The summed E-state index contributed by atoms with van der Waals surface area (Å²) in [4.78, 5) is 15.1. The number of carbonyl (C=O) groups excluding carboxylic acids is 1. The molecule has 26 heavy (non-hydrogen) atoms. The summed E-state index contributed by atoms with van der Waals surface area (Å²) in [7, 11) is 0. The van der Waals surface area contributed by atoms with Crippen LogP contribution in [0.4, 0.5) is 0 Å². The number of pyridine rings is 1. The molecule has 6 nitrogen and oxygen atoms in total. The van der Waals surface area contributed by atoms with Crippen molar-refractivity contribution >= 4 is 16.8 Å². The summed E-state index contributed by atoms with van der Waals surface area (Å²) in [5.41, 5.74) is 7.63. The molecule has 0 unspecified atom stereocenters. The number of nitrogens with two attached hydrogens (primary N) is 1. The van der Waals surface area contributed by atoms with E-state index in [0.29, 0.717) is 19.6 Å². The van der Waals surface area contributed by atoms with Crippen LogP contribution in [-0.2, 0) is 17.9 Å².